The molecular formula is C10H21NO4. The minimum atomic E-state index is -0.373. The average molecular weight is 219 g/mol. The van der Waals surface area contributed by atoms with Gasteiger partial charge in [-0.3, -0.25) is 0 Å². The fourth-order valence-corrected chi connectivity index (χ4v) is 0.843. The van der Waals surface area contributed by atoms with Crippen molar-refractivity contribution < 1.29 is 19.0 Å². The summed E-state index contributed by atoms with van der Waals surface area (Å²) in [5.41, 5.74) is 5.19. The molecule has 0 aliphatic rings. The molecule has 5 nitrogen and oxygen atoms in total. The van der Waals surface area contributed by atoms with Gasteiger partial charge in [0.2, 0.25) is 0 Å². The highest BCUT2D eigenvalue weighted by Crippen LogP contribution is 1.88. The molecule has 0 fully saturated rings. The minimum Gasteiger partial charge on any atom is -0.462 e. The number of ether oxygens (including phenoxy) is 3. The fourth-order valence-electron chi connectivity index (χ4n) is 0.843. The highest BCUT2D eigenvalue weighted by Gasteiger charge is 2.01. The maximum atomic E-state index is 11.0. The Balaban J connectivity index is 3.10. The summed E-state index contributed by atoms with van der Waals surface area (Å²) in [6.07, 6.45) is 2.14. The molecular weight excluding hydrogens is 198 g/mol. The van der Waals surface area contributed by atoms with Crippen LogP contribution in [0.15, 0.2) is 0 Å². The summed E-state index contributed by atoms with van der Waals surface area (Å²) in [5, 5.41) is 0. The molecule has 0 saturated carbocycles. The molecule has 0 saturated heterocycles. The van der Waals surface area contributed by atoms with Crippen molar-refractivity contribution >= 4 is 5.97 Å². The first-order valence-corrected chi connectivity index (χ1v) is 5.32. The van der Waals surface area contributed by atoms with E-state index in [0.29, 0.717) is 19.8 Å². The molecule has 90 valence electrons. The average Bonchev–Trinajstić information content (AvgIpc) is 2.23. The van der Waals surface area contributed by atoms with Crippen LogP contribution < -0.4 is 5.73 Å². The van der Waals surface area contributed by atoms with E-state index in [-0.39, 0.29) is 19.2 Å². The zero-order valence-electron chi connectivity index (χ0n) is 9.37. The molecule has 0 amide bonds. The largest absolute Gasteiger partial charge is 0.462 e. The van der Waals surface area contributed by atoms with Gasteiger partial charge in [-0.1, -0.05) is 13.3 Å². The zero-order chi connectivity index (χ0) is 11.4. The summed E-state index contributed by atoms with van der Waals surface area (Å²) in [5.74, 6) is -0.373. The number of nitrogens with two attached hydrogens (primary N) is 1. The van der Waals surface area contributed by atoms with Crippen molar-refractivity contribution in [3.63, 3.8) is 0 Å². The third kappa shape index (κ3) is 11.3. The van der Waals surface area contributed by atoms with Gasteiger partial charge in [-0.2, -0.15) is 0 Å². The lowest BCUT2D eigenvalue weighted by Crippen LogP contribution is -2.18. The zero-order valence-corrected chi connectivity index (χ0v) is 9.37. The first-order chi connectivity index (χ1) is 7.31. The van der Waals surface area contributed by atoms with Gasteiger partial charge in [0.15, 0.2) is 0 Å². The number of hydrogen-bond acceptors (Lipinski definition) is 5. The Labute approximate surface area is 90.9 Å². The molecule has 0 aromatic rings. The van der Waals surface area contributed by atoms with E-state index in [4.69, 9.17) is 19.9 Å². The van der Waals surface area contributed by atoms with E-state index in [9.17, 15) is 4.79 Å². The quantitative estimate of drug-likeness (QED) is 0.423. The summed E-state index contributed by atoms with van der Waals surface area (Å²) in [7, 11) is 0. The first kappa shape index (κ1) is 14.3. The van der Waals surface area contributed by atoms with Gasteiger partial charge in [0, 0.05) is 13.2 Å². The molecule has 0 aliphatic carbocycles. The minimum absolute atomic E-state index is 0.0356. The standard InChI is InChI=1S/C10H21NO4/c1-2-3-5-13-7-8-15-10(12)9-14-6-4-11/h2-9,11H2,1H3. The lowest BCUT2D eigenvalue weighted by molar-refractivity contribution is -0.150. The number of hydrogen-bond donors (Lipinski definition) is 1. The van der Waals surface area contributed by atoms with E-state index < -0.39 is 0 Å². The van der Waals surface area contributed by atoms with Crippen molar-refractivity contribution in [3.8, 4) is 0 Å². The number of unbranched alkanes of at least 4 members (excludes halogenated alkanes) is 1. The van der Waals surface area contributed by atoms with Crippen molar-refractivity contribution in [3.05, 3.63) is 0 Å². The second-order valence-electron chi connectivity index (χ2n) is 3.03. The van der Waals surface area contributed by atoms with Crippen LogP contribution in [0.1, 0.15) is 19.8 Å². The Kier molecular flexibility index (Phi) is 10.9. The second-order valence-corrected chi connectivity index (χ2v) is 3.03. The molecule has 2 N–H and O–H groups in total. The highest BCUT2D eigenvalue weighted by atomic mass is 16.6. The lowest BCUT2D eigenvalue weighted by atomic mass is 10.4. The van der Waals surface area contributed by atoms with Crippen LogP contribution in [0, 0.1) is 0 Å². The first-order valence-electron chi connectivity index (χ1n) is 5.32. The van der Waals surface area contributed by atoms with Crippen molar-refractivity contribution in [1.29, 1.82) is 0 Å². The van der Waals surface area contributed by atoms with Gasteiger partial charge in [-0.25, -0.2) is 4.79 Å². The topological polar surface area (TPSA) is 70.8 Å². The van der Waals surface area contributed by atoms with E-state index in [1.54, 1.807) is 0 Å². The van der Waals surface area contributed by atoms with Crippen LogP contribution in [0.5, 0.6) is 0 Å². The number of esters is 1. The van der Waals surface area contributed by atoms with Crippen molar-refractivity contribution in [2.45, 2.75) is 19.8 Å². The number of carbonyl (C=O) groups excluding carboxylic acids is 1. The van der Waals surface area contributed by atoms with Gasteiger partial charge in [-0.15, -0.1) is 0 Å². The van der Waals surface area contributed by atoms with Crippen LogP contribution in [0.3, 0.4) is 0 Å². The Morgan fingerprint density at radius 3 is 2.60 bits per heavy atom. The number of rotatable bonds is 10. The highest BCUT2D eigenvalue weighted by molar-refractivity contribution is 5.70. The molecule has 0 spiro atoms. The van der Waals surface area contributed by atoms with Gasteiger partial charge < -0.3 is 19.9 Å². The Morgan fingerprint density at radius 2 is 1.93 bits per heavy atom. The Bertz CT molecular complexity index is 152. The summed E-state index contributed by atoms with van der Waals surface area (Å²) in [6, 6.07) is 0. The monoisotopic (exact) mass is 219 g/mol. The maximum absolute atomic E-state index is 11.0. The number of carbonyl (C=O) groups is 1. The molecule has 0 atom stereocenters. The van der Waals surface area contributed by atoms with Crippen LogP contribution in [0.25, 0.3) is 0 Å². The van der Waals surface area contributed by atoms with E-state index in [0.717, 1.165) is 19.4 Å². The summed E-state index contributed by atoms with van der Waals surface area (Å²) >= 11 is 0. The molecule has 0 unspecified atom stereocenters. The predicted octanol–water partition coefficient (Wildman–Crippen LogP) is 0.322. The SMILES string of the molecule is CCCCOCCOC(=O)COCCN. The third-order valence-electron chi connectivity index (χ3n) is 1.62. The van der Waals surface area contributed by atoms with E-state index >= 15 is 0 Å². The molecule has 0 radical (unpaired) electrons. The van der Waals surface area contributed by atoms with Gasteiger partial charge >= 0.3 is 5.97 Å². The summed E-state index contributed by atoms with van der Waals surface area (Å²) in [6.45, 7) is 4.30. The molecule has 15 heavy (non-hydrogen) atoms. The molecule has 5 heteroatoms. The fraction of sp³-hybridized carbons (Fsp3) is 0.900. The van der Waals surface area contributed by atoms with Gasteiger partial charge in [0.05, 0.1) is 13.2 Å². The van der Waals surface area contributed by atoms with Crippen molar-refractivity contribution in [2.24, 2.45) is 5.73 Å². The molecule has 0 aromatic carbocycles. The lowest BCUT2D eigenvalue weighted by Gasteiger charge is -2.05. The van der Waals surface area contributed by atoms with Gasteiger partial charge in [-0.05, 0) is 6.42 Å². The van der Waals surface area contributed by atoms with Crippen LogP contribution in [-0.2, 0) is 19.0 Å². The normalized spacial score (nSPS) is 10.3. The maximum Gasteiger partial charge on any atom is 0.332 e. The van der Waals surface area contributed by atoms with Crippen LogP contribution in [-0.4, -0.2) is 45.5 Å². The molecule has 0 bridgehead atoms. The second kappa shape index (κ2) is 11.4. The van der Waals surface area contributed by atoms with Gasteiger partial charge in [0.25, 0.3) is 0 Å². The van der Waals surface area contributed by atoms with Crippen LogP contribution >= 0.6 is 0 Å². The summed E-state index contributed by atoms with van der Waals surface area (Å²) in [4.78, 5) is 11.0. The van der Waals surface area contributed by atoms with Gasteiger partial charge in [0.1, 0.15) is 13.2 Å². The summed E-state index contributed by atoms with van der Waals surface area (Å²) < 4.78 is 15.0. The van der Waals surface area contributed by atoms with Crippen molar-refractivity contribution in [1.82, 2.24) is 0 Å². The van der Waals surface area contributed by atoms with Crippen molar-refractivity contribution in [2.75, 3.05) is 39.6 Å². The molecule has 0 rings (SSSR count). The third-order valence-corrected chi connectivity index (χ3v) is 1.62. The van der Waals surface area contributed by atoms with Crippen LogP contribution in [0.4, 0.5) is 0 Å². The molecule has 0 aliphatic heterocycles. The van der Waals surface area contributed by atoms with Crippen LogP contribution in [0.2, 0.25) is 0 Å². The Morgan fingerprint density at radius 1 is 1.13 bits per heavy atom. The predicted molar refractivity (Wildman–Crippen MR) is 56.6 cm³/mol. The molecule has 0 aromatic heterocycles. The van der Waals surface area contributed by atoms with E-state index in [1.165, 1.54) is 0 Å². The van der Waals surface area contributed by atoms with E-state index in [2.05, 4.69) is 6.92 Å². The smallest absolute Gasteiger partial charge is 0.332 e. The molecule has 0 heterocycles. The Hall–Kier alpha value is -0.650. The van der Waals surface area contributed by atoms with E-state index in [1.807, 2.05) is 0 Å².